The average Bonchev–Trinajstić information content (AvgIpc) is 2.36. The maximum absolute atomic E-state index is 12.2. The van der Waals surface area contributed by atoms with E-state index >= 15 is 0 Å². The zero-order chi connectivity index (χ0) is 14.6. The Morgan fingerprint density at radius 1 is 1.53 bits per heavy atom. The number of rotatable bonds is 5. The van der Waals surface area contributed by atoms with Crippen LogP contribution in [0.25, 0.3) is 0 Å². The standard InChI is InChI=1S/C11H13F2N3O3/c1-14-9-4-3-7(16(18)19)5-8(9)11(17)15(2)6-10(12)13/h3-5,10,14H,6H2,1-2H3. The first-order valence-corrected chi connectivity index (χ1v) is 5.36. The summed E-state index contributed by atoms with van der Waals surface area (Å²) >= 11 is 0. The van der Waals surface area contributed by atoms with Gasteiger partial charge < -0.3 is 10.2 Å². The number of nitro groups is 1. The number of alkyl halides is 2. The van der Waals surface area contributed by atoms with E-state index < -0.39 is 23.8 Å². The summed E-state index contributed by atoms with van der Waals surface area (Å²) in [4.78, 5) is 22.8. The summed E-state index contributed by atoms with van der Waals surface area (Å²) in [6.07, 6.45) is -2.66. The molecule has 0 aromatic heterocycles. The minimum atomic E-state index is -2.66. The van der Waals surface area contributed by atoms with E-state index in [1.165, 1.54) is 26.2 Å². The summed E-state index contributed by atoms with van der Waals surface area (Å²) in [6.45, 7) is -0.731. The number of nitrogens with one attached hydrogen (secondary N) is 1. The number of carbonyl (C=O) groups excluding carboxylic acids is 1. The molecule has 1 aromatic rings. The van der Waals surface area contributed by atoms with Crippen LogP contribution in [0.5, 0.6) is 0 Å². The molecule has 1 N–H and O–H groups in total. The fourth-order valence-electron chi connectivity index (χ4n) is 1.54. The fourth-order valence-corrected chi connectivity index (χ4v) is 1.54. The van der Waals surface area contributed by atoms with Crippen LogP contribution in [0.3, 0.4) is 0 Å². The van der Waals surface area contributed by atoms with Crippen LogP contribution in [0.1, 0.15) is 10.4 Å². The number of amides is 1. The van der Waals surface area contributed by atoms with Gasteiger partial charge in [-0.25, -0.2) is 8.78 Å². The number of halogens is 2. The van der Waals surface area contributed by atoms with E-state index in [-0.39, 0.29) is 11.3 Å². The van der Waals surface area contributed by atoms with Gasteiger partial charge in [0, 0.05) is 31.9 Å². The van der Waals surface area contributed by atoms with Crippen molar-refractivity contribution >= 4 is 17.3 Å². The van der Waals surface area contributed by atoms with Crippen molar-refractivity contribution in [2.75, 3.05) is 26.0 Å². The van der Waals surface area contributed by atoms with Crippen LogP contribution in [0.2, 0.25) is 0 Å². The molecule has 1 rings (SSSR count). The van der Waals surface area contributed by atoms with E-state index in [0.29, 0.717) is 5.69 Å². The topological polar surface area (TPSA) is 75.5 Å². The Labute approximate surface area is 108 Å². The van der Waals surface area contributed by atoms with Gasteiger partial charge in [-0.1, -0.05) is 0 Å². The van der Waals surface area contributed by atoms with Crippen LogP contribution in [-0.2, 0) is 0 Å². The molecule has 8 heteroatoms. The molecule has 0 aliphatic carbocycles. The first-order valence-electron chi connectivity index (χ1n) is 5.36. The maximum atomic E-state index is 12.2. The molecule has 1 aromatic carbocycles. The fraction of sp³-hybridized carbons (Fsp3) is 0.364. The summed E-state index contributed by atoms with van der Waals surface area (Å²) in [6, 6.07) is 3.66. The van der Waals surface area contributed by atoms with E-state index in [0.717, 1.165) is 11.0 Å². The SMILES string of the molecule is CNc1ccc([N+](=O)[O-])cc1C(=O)N(C)CC(F)F. The maximum Gasteiger partial charge on any atom is 0.270 e. The molecular formula is C11H13F2N3O3. The molecule has 0 saturated heterocycles. The van der Waals surface area contributed by atoms with Crippen LogP contribution in [0.4, 0.5) is 20.2 Å². The highest BCUT2D eigenvalue weighted by atomic mass is 19.3. The van der Waals surface area contributed by atoms with Crippen molar-refractivity contribution in [2.45, 2.75) is 6.43 Å². The van der Waals surface area contributed by atoms with E-state index in [2.05, 4.69) is 5.32 Å². The molecular weight excluding hydrogens is 260 g/mol. The molecule has 0 radical (unpaired) electrons. The molecule has 0 spiro atoms. The van der Waals surface area contributed by atoms with Crippen molar-refractivity contribution in [1.29, 1.82) is 0 Å². The van der Waals surface area contributed by atoms with E-state index in [1.54, 1.807) is 0 Å². The molecule has 6 nitrogen and oxygen atoms in total. The summed E-state index contributed by atoms with van der Waals surface area (Å²) < 4.78 is 24.5. The monoisotopic (exact) mass is 273 g/mol. The zero-order valence-corrected chi connectivity index (χ0v) is 10.4. The second-order valence-electron chi connectivity index (χ2n) is 3.81. The van der Waals surface area contributed by atoms with Crippen molar-refractivity contribution in [1.82, 2.24) is 4.90 Å². The number of nitrogens with zero attached hydrogens (tertiary/aromatic N) is 2. The van der Waals surface area contributed by atoms with Gasteiger partial charge in [-0.05, 0) is 6.07 Å². The van der Waals surface area contributed by atoms with Gasteiger partial charge in [0.15, 0.2) is 0 Å². The number of nitro benzene ring substituents is 1. The lowest BCUT2D eigenvalue weighted by Gasteiger charge is -2.18. The summed E-state index contributed by atoms with van der Waals surface area (Å²) in [5, 5.41) is 13.4. The zero-order valence-electron chi connectivity index (χ0n) is 10.4. The third-order valence-electron chi connectivity index (χ3n) is 2.47. The summed E-state index contributed by atoms with van der Waals surface area (Å²) in [5.74, 6) is -0.701. The number of carbonyl (C=O) groups is 1. The van der Waals surface area contributed by atoms with Gasteiger partial charge in [0.05, 0.1) is 17.0 Å². The van der Waals surface area contributed by atoms with Gasteiger partial charge in [-0.3, -0.25) is 14.9 Å². The van der Waals surface area contributed by atoms with Gasteiger partial charge in [0.1, 0.15) is 0 Å². The Hall–Kier alpha value is -2.25. The third-order valence-corrected chi connectivity index (χ3v) is 2.47. The molecule has 104 valence electrons. The second kappa shape index (κ2) is 6.07. The quantitative estimate of drug-likeness (QED) is 0.657. The molecule has 0 saturated carbocycles. The van der Waals surface area contributed by atoms with Crippen molar-refractivity contribution in [3.05, 3.63) is 33.9 Å². The molecule has 19 heavy (non-hydrogen) atoms. The molecule has 1 amide bonds. The van der Waals surface area contributed by atoms with Crippen LogP contribution < -0.4 is 5.32 Å². The Morgan fingerprint density at radius 3 is 2.63 bits per heavy atom. The van der Waals surface area contributed by atoms with Gasteiger partial charge >= 0.3 is 0 Å². The van der Waals surface area contributed by atoms with Crippen molar-refractivity contribution in [2.24, 2.45) is 0 Å². The molecule has 0 atom stereocenters. The Kier molecular flexibility index (Phi) is 4.74. The molecule has 0 fully saturated rings. The number of non-ortho nitro benzene ring substituents is 1. The lowest BCUT2D eigenvalue weighted by molar-refractivity contribution is -0.384. The second-order valence-corrected chi connectivity index (χ2v) is 3.81. The molecule has 0 aliphatic rings. The van der Waals surface area contributed by atoms with Gasteiger partial charge in [0.25, 0.3) is 18.0 Å². The van der Waals surface area contributed by atoms with Crippen molar-refractivity contribution in [3.63, 3.8) is 0 Å². The predicted octanol–water partition coefficient (Wildman–Crippen LogP) is 1.97. The Balaban J connectivity index is 3.12. The first-order chi connectivity index (χ1) is 8.86. The highest BCUT2D eigenvalue weighted by molar-refractivity contribution is 6.00. The minimum Gasteiger partial charge on any atom is -0.387 e. The number of hydrogen-bond acceptors (Lipinski definition) is 4. The molecule has 0 unspecified atom stereocenters. The van der Waals surface area contributed by atoms with Crippen LogP contribution in [-0.4, -0.2) is 42.8 Å². The van der Waals surface area contributed by atoms with Crippen LogP contribution in [0.15, 0.2) is 18.2 Å². The third kappa shape index (κ3) is 3.60. The highest BCUT2D eigenvalue weighted by Gasteiger charge is 2.21. The summed E-state index contributed by atoms with van der Waals surface area (Å²) in [7, 11) is 2.75. The van der Waals surface area contributed by atoms with Gasteiger partial charge in [-0.2, -0.15) is 0 Å². The largest absolute Gasteiger partial charge is 0.387 e. The lowest BCUT2D eigenvalue weighted by Crippen LogP contribution is -2.31. The highest BCUT2D eigenvalue weighted by Crippen LogP contribution is 2.23. The Morgan fingerprint density at radius 2 is 2.16 bits per heavy atom. The van der Waals surface area contributed by atoms with Gasteiger partial charge in [-0.15, -0.1) is 0 Å². The number of hydrogen-bond donors (Lipinski definition) is 1. The van der Waals surface area contributed by atoms with E-state index in [1.807, 2.05) is 0 Å². The lowest BCUT2D eigenvalue weighted by atomic mass is 10.1. The molecule has 0 bridgehead atoms. The van der Waals surface area contributed by atoms with Crippen molar-refractivity contribution in [3.8, 4) is 0 Å². The predicted molar refractivity (Wildman–Crippen MR) is 65.6 cm³/mol. The Bertz CT molecular complexity index is 494. The number of benzene rings is 1. The molecule has 0 heterocycles. The van der Waals surface area contributed by atoms with E-state index in [9.17, 15) is 23.7 Å². The van der Waals surface area contributed by atoms with Crippen LogP contribution >= 0.6 is 0 Å². The normalized spacial score (nSPS) is 10.4. The number of anilines is 1. The van der Waals surface area contributed by atoms with Crippen LogP contribution in [0, 0.1) is 10.1 Å². The van der Waals surface area contributed by atoms with E-state index in [4.69, 9.17) is 0 Å². The smallest absolute Gasteiger partial charge is 0.270 e. The minimum absolute atomic E-state index is 0.0140. The summed E-state index contributed by atoms with van der Waals surface area (Å²) in [5.41, 5.74) is 0.0596. The average molecular weight is 273 g/mol. The molecule has 0 aliphatic heterocycles. The van der Waals surface area contributed by atoms with Crippen molar-refractivity contribution < 1.29 is 18.5 Å². The van der Waals surface area contributed by atoms with Gasteiger partial charge in [0.2, 0.25) is 0 Å². The first kappa shape index (κ1) is 14.8.